The summed E-state index contributed by atoms with van der Waals surface area (Å²) in [6.07, 6.45) is 0. The molecule has 0 unspecified atom stereocenters. The van der Waals surface area contributed by atoms with Crippen LogP contribution in [0.1, 0.15) is 0 Å². The van der Waals surface area contributed by atoms with E-state index in [0.29, 0.717) is 34.4 Å². The highest BCUT2D eigenvalue weighted by atomic mass is 32.2. The number of anilines is 4. The van der Waals surface area contributed by atoms with E-state index in [-0.39, 0.29) is 11.4 Å². The third kappa shape index (κ3) is 5.53. The normalized spacial score (nSPS) is 11.1. The van der Waals surface area contributed by atoms with Crippen LogP contribution >= 0.6 is 0 Å². The first kappa shape index (κ1) is 22.0. The van der Waals surface area contributed by atoms with Crippen LogP contribution in [0.3, 0.4) is 0 Å². The average Bonchev–Trinajstić information content (AvgIpc) is 2.79. The van der Waals surface area contributed by atoms with Gasteiger partial charge in [-0.15, -0.1) is 0 Å². The van der Waals surface area contributed by atoms with Crippen LogP contribution in [0, 0.1) is 0 Å². The van der Waals surface area contributed by atoms with Crippen LogP contribution in [-0.4, -0.2) is 13.0 Å². The van der Waals surface area contributed by atoms with Crippen molar-refractivity contribution in [3.63, 3.8) is 0 Å². The van der Waals surface area contributed by atoms with Gasteiger partial charge in [0, 0.05) is 11.4 Å². The molecule has 0 heterocycles. The van der Waals surface area contributed by atoms with E-state index in [2.05, 4.69) is 0 Å². The minimum absolute atomic E-state index is 0.231. The van der Waals surface area contributed by atoms with E-state index < -0.39 is 10.3 Å². The fourth-order valence-electron chi connectivity index (χ4n) is 3.06. The fraction of sp³-hybridized carbons (Fsp3) is 0. The number of nitrogen functional groups attached to an aromatic ring is 2. The standard InChI is InChI=1S/C24H21N3O5S/c25-17-1-9-21(10-2-17)31-23-13-5-19(6-14-23)27(33(28,29)30)20-7-15-24(16-8-20)32-22-11-3-18(26)4-12-22/h1-16H,25-26H2,(H,28,29,30). The van der Waals surface area contributed by atoms with Crippen molar-refractivity contribution in [3.8, 4) is 23.0 Å². The van der Waals surface area contributed by atoms with Crippen LogP contribution in [-0.2, 0) is 10.3 Å². The van der Waals surface area contributed by atoms with Crippen molar-refractivity contribution < 1.29 is 22.4 Å². The summed E-state index contributed by atoms with van der Waals surface area (Å²) in [5.74, 6) is 2.15. The summed E-state index contributed by atoms with van der Waals surface area (Å²) in [5, 5.41) is 0. The molecule has 4 aromatic carbocycles. The molecule has 0 aliphatic heterocycles. The summed E-state index contributed by atoms with van der Waals surface area (Å²) < 4.78 is 46.4. The van der Waals surface area contributed by atoms with Crippen molar-refractivity contribution in [1.29, 1.82) is 0 Å². The highest BCUT2D eigenvalue weighted by Crippen LogP contribution is 2.33. The number of hydrogen-bond donors (Lipinski definition) is 3. The Balaban J connectivity index is 1.54. The fourth-order valence-corrected chi connectivity index (χ4v) is 3.83. The molecular weight excluding hydrogens is 442 g/mol. The lowest BCUT2D eigenvalue weighted by molar-refractivity contribution is 0.479. The van der Waals surface area contributed by atoms with E-state index in [4.69, 9.17) is 20.9 Å². The first-order valence-corrected chi connectivity index (χ1v) is 11.2. The number of benzene rings is 4. The van der Waals surface area contributed by atoms with Gasteiger partial charge >= 0.3 is 10.3 Å². The molecule has 0 amide bonds. The molecule has 4 aromatic rings. The largest absolute Gasteiger partial charge is 0.457 e. The monoisotopic (exact) mass is 463 g/mol. The molecule has 0 radical (unpaired) electrons. The Morgan fingerprint density at radius 3 is 1.09 bits per heavy atom. The maximum Gasteiger partial charge on any atom is 0.364 e. The molecule has 0 aliphatic carbocycles. The van der Waals surface area contributed by atoms with E-state index in [1.165, 1.54) is 24.3 Å². The van der Waals surface area contributed by atoms with Crippen LogP contribution in [0.25, 0.3) is 0 Å². The lowest BCUT2D eigenvalue weighted by Crippen LogP contribution is -2.25. The number of nitrogens with two attached hydrogens (primary N) is 2. The van der Waals surface area contributed by atoms with Gasteiger partial charge in [0.1, 0.15) is 23.0 Å². The first-order valence-electron chi connectivity index (χ1n) is 9.83. The minimum atomic E-state index is -4.60. The van der Waals surface area contributed by atoms with Gasteiger partial charge in [0.05, 0.1) is 11.4 Å². The molecule has 0 atom stereocenters. The molecule has 9 heteroatoms. The Kier molecular flexibility index (Phi) is 6.07. The van der Waals surface area contributed by atoms with Crippen LogP contribution in [0.5, 0.6) is 23.0 Å². The zero-order chi connectivity index (χ0) is 23.4. The van der Waals surface area contributed by atoms with Gasteiger partial charge in [-0.3, -0.25) is 4.55 Å². The van der Waals surface area contributed by atoms with Crippen molar-refractivity contribution in [2.24, 2.45) is 0 Å². The molecule has 0 aliphatic rings. The van der Waals surface area contributed by atoms with E-state index >= 15 is 0 Å². The van der Waals surface area contributed by atoms with Crippen molar-refractivity contribution in [1.82, 2.24) is 0 Å². The van der Waals surface area contributed by atoms with Gasteiger partial charge in [-0.25, -0.2) is 4.31 Å². The molecule has 8 nitrogen and oxygen atoms in total. The SMILES string of the molecule is Nc1ccc(Oc2ccc(N(c3ccc(Oc4ccc(N)cc4)cc3)S(=O)(=O)O)cc2)cc1. The second-order valence-corrected chi connectivity index (χ2v) is 8.33. The summed E-state index contributed by atoms with van der Waals surface area (Å²) in [6.45, 7) is 0. The summed E-state index contributed by atoms with van der Waals surface area (Å²) in [5.41, 5.74) is 13.0. The second-order valence-electron chi connectivity index (χ2n) is 7.07. The van der Waals surface area contributed by atoms with Gasteiger partial charge in [-0.2, -0.15) is 8.42 Å². The van der Waals surface area contributed by atoms with Gasteiger partial charge in [-0.05, 0) is 97.1 Å². The van der Waals surface area contributed by atoms with Crippen molar-refractivity contribution in [2.45, 2.75) is 0 Å². The van der Waals surface area contributed by atoms with E-state index in [1.54, 1.807) is 72.8 Å². The van der Waals surface area contributed by atoms with Crippen LogP contribution in [0.15, 0.2) is 97.1 Å². The third-order valence-electron chi connectivity index (χ3n) is 4.60. The maximum atomic E-state index is 12.1. The van der Waals surface area contributed by atoms with Gasteiger partial charge in [-0.1, -0.05) is 0 Å². The Morgan fingerprint density at radius 1 is 0.545 bits per heavy atom. The smallest absolute Gasteiger partial charge is 0.364 e. The molecule has 5 N–H and O–H groups in total. The molecular formula is C24H21N3O5S. The minimum Gasteiger partial charge on any atom is -0.457 e. The topological polar surface area (TPSA) is 128 Å². The van der Waals surface area contributed by atoms with Gasteiger partial charge < -0.3 is 20.9 Å². The quantitative estimate of drug-likeness (QED) is 0.248. The highest BCUT2D eigenvalue weighted by Gasteiger charge is 2.22. The molecule has 4 rings (SSSR count). The molecule has 0 spiro atoms. The Morgan fingerprint density at radius 2 is 0.818 bits per heavy atom. The van der Waals surface area contributed by atoms with Gasteiger partial charge in [0.25, 0.3) is 0 Å². The lowest BCUT2D eigenvalue weighted by atomic mass is 10.2. The Hall–Kier alpha value is -4.21. The molecule has 0 fully saturated rings. The van der Waals surface area contributed by atoms with Crippen molar-refractivity contribution >= 4 is 33.1 Å². The Labute approximate surface area is 191 Å². The highest BCUT2D eigenvalue weighted by molar-refractivity contribution is 7.87. The van der Waals surface area contributed by atoms with Crippen LogP contribution in [0.4, 0.5) is 22.7 Å². The zero-order valence-corrected chi connectivity index (χ0v) is 18.1. The van der Waals surface area contributed by atoms with E-state index in [0.717, 1.165) is 4.31 Å². The molecule has 0 bridgehead atoms. The summed E-state index contributed by atoms with van der Waals surface area (Å²) in [6, 6.07) is 26.3. The van der Waals surface area contributed by atoms with Gasteiger partial charge in [0.2, 0.25) is 0 Å². The molecule has 0 saturated carbocycles. The maximum absolute atomic E-state index is 12.1. The second kappa shape index (κ2) is 9.11. The van der Waals surface area contributed by atoms with Crippen LogP contribution in [0.2, 0.25) is 0 Å². The summed E-state index contributed by atoms with van der Waals surface area (Å²) in [7, 11) is -4.60. The lowest BCUT2D eigenvalue weighted by Gasteiger charge is -2.21. The predicted octanol–water partition coefficient (Wildman–Crippen LogP) is 5.38. The number of ether oxygens (including phenoxy) is 2. The summed E-state index contributed by atoms with van der Waals surface area (Å²) >= 11 is 0. The molecule has 0 saturated heterocycles. The molecule has 0 aromatic heterocycles. The van der Waals surface area contributed by atoms with E-state index in [1.807, 2.05) is 0 Å². The van der Waals surface area contributed by atoms with Gasteiger partial charge in [0.15, 0.2) is 0 Å². The first-order chi connectivity index (χ1) is 15.8. The number of nitrogens with zero attached hydrogens (tertiary/aromatic N) is 1. The predicted molar refractivity (Wildman–Crippen MR) is 128 cm³/mol. The molecule has 168 valence electrons. The average molecular weight is 464 g/mol. The van der Waals surface area contributed by atoms with Crippen LogP contribution < -0.4 is 25.2 Å². The third-order valence-corrected chi connectivity index (χ3v) is 5.49. The zero-order valence-electron chi connectivity index (χ0n) is 17.3. The summed E-state index contributed by atoms with van der Waals surface area (Å²) in [4.78, 5) is 0. The molecule has 33 heavy (non-hydrogen) atoms. The van der Waals surface area contributed by atoms with Crippen molar-refractivity contribution in [3.05, 3.63) is 97.1 Å². The van der Waals surface area contributed by atoms with Crippen molar-refractivity contribution in [2.75, 3.05) is 15.8 Å². The number of rotatable bonds is 7. The number of hydrogen-bond acceptors (Lipinski definition) is 6. The Bertz CT molecular complexity index is 1230. The van der Waals surface area contributed by atoms with E-state index in [9.17, 15) is 13.0 Å².